The van der Waals surface area contributed by atoms with Gasteiger partial charge in [-0.05, 0) is 31.6 Å². The molecule has 1 atom stereocenters. The molecule has 1 rings (SSSR count). The van der Waals surface area contributed by atoms with E-state index in [1.54, 1.807) is 0 Å². The van der Waals surface area contributed by atoms with Crippen molar-refractivity contribution in [1.29, 1.82) is 5.26 Å². The summed E-state index contributed by atoms with van der Waals surface area (Å²) in [5.74, 6) is 0. The molecule has 0 bridgehead atoms. The smallest absolute Gasteiger partial charge is 0.0621 e. The number of rotatable bonds is 3. The van der Waals surface area contributed by atoms with Crippen LogP contribution in [0, 0.1) is 16.7 Å². The molecular formula is C11H18N2. The Balaban J connectivity index is 2.55. The van der Waals surface area contributed by atoms with Crippen LogP contribution in [-0.4, -0.2) is 11.8 Å². The fourth-order valence-corrected chi connectivity index (χ4v) is 1.85. The van der Waals surface area contributed by atoms with E-state index in [2.05, 4.69) is 31.8 Å². The average molecular weight is 178 g/mol. The molecule has 2 nitrogen and oxygen atoms in total. The van der Waals surface area contributed by atoms with Gasteiger partial charge in [-0.25, -0.2) is 0 Å². The highest BCUT2D eigenvalue weighted by molar-refractivity contribution is 5.83. The summed E-state index contributed by atoms with van der Waals surface area (Å²) in [6.45, 7) is 6.54. The van der Waals surface area contributed by atoms with E-state index in [0.717, 1.165) is 12.8 Å². The summed E-state index contributed by atoms with van der Waals surface area (Å²) in [6, 6.07) is 2.66. The summed E-state index contributed by atoms with van der Waals surface area (Å²) >= 11 is 0. The highest BCUT2D eigenvalue weighted by Crippen LogP contribution is 2.34. The van der Waals surface area contributed by atoms with Crippen LogP contribution < -0.4 is 0 Å². The maximum absolute atomic E-state index is 8.54. The van der Waals surface area contributed by atoms with Crippen molar-refractivity contribution in [1.82, 2.24) is 0 Å². The minimum Gasteiger partial charge on any atom is -0.291 e. The molecular weight excluding hydrogens is 160 g/mol. The van der Waals surface area contributed by atoms with Crippen LogP contribution in [0.3, 0.4) is 0 Å². The van der Waals surface area contributed by atoms with E-state index < -0.39 is 0 Å². The van der Waals surface area contributed by atoms with E-state index in [9.17, 15) is 0 Å². The molecule has 1 aliphatic heterocycles. The molecule has 1 aliphatic rings. The van der Waals surface area contributed by atoms with Gasteiger partial charge in [-0.3, -0.25) is 4.99 Å². The van der Waals surface area contributed by atoms with Crippen molar-refractivity contribution < 1.29 is 0 Å². The van der Waals surface area contributed by atoms with Crippen molar-refractivity contribution in [2.75, 3.05) is 0 Å². The van der Waals surface area contributed by atoms with Gasteiger partial charge < -0.3 is 0 Å². The summed E-state index contributed by atoms with van der Waals surface area (Å²) < 4.78 is 0. The van der Waals surface area contributed by atoms with Crippen LogP contribution in [0.1, 0.15) is 46.5 Å². The lowest BCUT2D eigenvalue weighted by Crippen LogP contribution is -2.25. The third kappa shape index (κ3) is 2.55. The minimum atomic E-state index is 0.202. The molecule has 0 spiro atoms. The summed E-state index contributed by atoms with van der Waals surface area (Å²) in [6.07, 6.45) is 3.92. The number of hydrogen-bond donors (Lipinski definition) is 0. The Morgan fingerprint density at radius 3 is 2.77 bits per heavy atom. The van der Waals surface area contributed by atoms with Crippen LogP contribution in [-0.2, 0) is 0 Å². The zero-order valence-electron chi connectivity index (χ0n) is 8.80. The SMILES string of the molecule is CC1=NC(C(C)(C)CCC#N)CC1. The van der Waals surface area contributed by atoms with E-state index in [4.69, 9.17) is 5.26 Å². The van der Waals surface area contributed by atoms with Gasteiger partial charge >= 0.3 is 0 Å². The van der Waals surface area contributed by atoms with E-state index in [-0.39, 0.29) is 5.41 Å². The lowest BCUT2D eigenvalue weighted by molar-refractivity contribution is 0.267. The molecule has 0 saturated heterocycles. The first-order valence-corrected chi connectivity index (χ1v) is 4.96. The Hall–Kier alpha value is -0.840. The summed E-state index contributed by atoms with van der Waals surface area (Å²) in [7, 11) is 0. The van der Waals surface area contributed by atoms with Crippen LogP contribution in [0.4, 0.5) is 0 Å². The van der Waals surface area contributed by atoms with Gasteiger partial charge in [0.25, 0.3) is 0 Å². The summed E-state index contributed by atoms with van der Waals surface area (Å²) in [5, 5.41) is 8.54. The van der Waals surface area contributed by atoms with Crippen molar-refractivity contribution in [2.24, 2.45) is 10.4 Å². The van der Waals surface area contributed by atoms with E-state index in [0.29, 0.717) is 12.5 Å². The highest BCUT2D eigenvalue weighted by Gasteiger charge is 2.31. The van der Waals surface area contributed by atoms with Crippen molar-refractivity contribution >= 4 is 5.71 Å². The second kappa shape index (κ2) is 3.91. The van der Waals surface area contributed by atoms with Gasteiger partial charge in [-0.2, -0.15) is 5.26 Å². The van der Waals surface area contributed by atoms with Crippen LogP contribution in [0.25, 0.3) is 0 Å². The largest absolute Gasteiger partial charge is 0.291 e. The van der Waals surface area contributed by atoms with Gasteiger partial charge in [0.2, 0.25) is 0 Å². The first-order chi connectivity index (χ1) is 6.06. The molecule has 0 radical (unpaired) electrons. The zero-order chi connectivity index (χ0) is 9.90. The predicted molar refractivity (Wildman–Crippen MR) is 54.8 cm³/mol. The molecule has 0 aliphatic carbocycles. The molecule has 1 unspecified atom stereocenters. The predicted octanol–water partition coefficient (Wildman–Crippen LogP) is 2.94. The lowest BCUT2D eigenvalue weighted by Gasteiger charge is -2.28. The lowest BCUT2D eigenvalue weighted by atomic mass is 9.79. The van der Waals surface area contributed by atoms with Crippen molar-refractivity contribution in [2.45, 2.75) is 52.5 Å². The quantitative estimate of drug-likeness (QED) is 0.654. The van der Waals surface area contributed by atoms with Crippen LogP contribution >= 0.6 is 0 Å². The normalized spacial score (nSPS) is 22.6. The maximum atomic E-state index is 8.54. The highest BCUT2D eigenvalue weighted by atomic mass is 14.8. The minimum absolute atomic E-state index is 0.202. The number of aliphatic imine (C=N–C) groups is 1. The molecule has 2 heteroatoms. The molecule has 0 aromatic heterocycles. The van der Waals surface area contributed by atoms with Gasteiger partial charge in [0.15, 0.2) is 0 Å². The second-order valence-electron chi connectivity index (χ2n) is 4.57. The topological polar surface area (TPSA) is 36.1 Å². The number of nitrogens with zero attached hydrogens (tertiary/aromatic N) is 2. The molecule has 0 aromatic rings. The first-order valence-electron chi connectivity index (χ1n) is 4.96. The Labute approximate surface area is 80.7 Å². The van der Waals surface area contributed by atoms with Gasteiger partial charge in [-0.15, -0.1) is 0 Å². The van der Waals surface area contributed by atoms with Crippen molar-refractivity contribution in [3.05, 3.63) is 0 Å². The third-order valence-corrected chi connectivity index (χ3v) is 2.94. The van der Waals surface area contributed by atoms with E-state index >= 15 is 0 Å². The zero-order valence-corrected chi connectivity index (χ0v) is 8.80. The second-order valence-corrected chi connectivity index (χ2v) is 4.57. The molecule has 13 heavy (non-hydrogen) atoms. The summed E-state index contributed by atoms with van der Waals surface area (Å²) in [4.78, 5) is 4.62. The average Bonchev–Trinajstić information content (AvgIpc) is 2.49. The molecule has 0 saturated carbocycles. The van der Waals surface area contributed by atoms with Crippen LogP contribution in [0.2, 0.25) is 0 Å². The molecule has 0 fully saturated rings. The number of nitriles is 1. The maximum Gasteiger partial charge on any atom is 0.0621 e. The fourth-order valence-electron chi connectivity index (χ4n) is 1.85. The fraction of sp³-hybridized carbons (Fsp3) is 0.818. The Morgan fingerprint density at radius 1 is 1.62 bits per heavy atom. The Bertz CT molecular complexity index is 245. The third-order valence-electron chi connectivity index (χ3n) is 2.94. The van der Waals surface area contributed by atoms with Crippen molar-refractivity contribution in [3.63, 3.8) is 0 Å². The molecule has 0 aromatic carbocycles. The van der Waals surface area contributed by atoms with Crippen LogP contribution in [0.5, 0.6) is 0 Å². The van der Waals surface area contributed by atoms with Crippen LogP contribution in [0.15, 0.2) is 4.99 Å². The number of hydrogen-bond acceptors (Lipinski definition) is 2. The van der Waals surface area contributed by atoms with E-state index in [1.165, 1.54) is 12.1 Å². The Morgan fingerprint density at radius 2 is 2.31 bits per heavy atom. The van der Waals surface area contributed by atoms with Gasteiger partial charge in [-0.1, -0.05) is 13.8 Å². The first kappa shape index (κ1) is 10.2. The molecule has 1 heterocycles. The van der Waals surface area contributed by atoms with Gasteiger partial charge in [0, 0.05) is 12.1 Å². The van der Waals surface area contributed by atoms with E-state index in [1.807, 2.05) is 0 Å². The van der Waals surface area contributed by atoms with Crippen molar-refractivity contribution in [3.8, 4) is 6.07 Å². The van der Waals surface area contributed by atoms with Gasteiger partial charge in [0.1, 0.15) is 0 Å². The molecule has 0 N–H and O–H groups in total. The monoisotopic (exact) mass is 178 g/mol. The standard InChI is InChI=1S/C11H18N2/c1-9-5-6-10(13-9)11(2,3)7-4-8-12/h10H,4-7H2,1-3H3. The molecule has 72 valence electrons. The summed E-state index contributed by atoms with van der Waals surface area (Å²) in [5.41, 5.74) is 1.48. The Kier molecular flexibility index (Phi) is 3.08. The van der Waals surface area contributed by atoms with Gasteiger partial charge in [0.05, 0.1) is 12.1 Å². The molecule has 0 amide bonds.